The van der Waals surface area contributed by atoms with Crippen LogP contribution in [-0.4, -0.2) is 18.7 Å². The van der Waals surface area contributed by atoms with Crippen molar-refractivity contribution < 1.29 is 13.9 Å². The first kappa shape index (κ1) is 12.0. The summed E-state index contributed by atoms with van der Waals surface area (Å²) < 4.78 is 16.9. The fraction of sp³-hybridized carbons (Fsp3) is 0.250. The van der Waals surface area contributed by atoms with E-state index in [0.717, 1.165) is 10.0 Å². The Morgan fingerprint density at radius 1 is 1.41 bits per heavy atom. The smallest absolute Gasteiger partial charge is 0.305 e. The van der Waals surface area contributed by atoms with Crippen molar-refractivity contribution in [2.45, 2.75) is 6.92 Å². The molecule has 0 bridgehead atoms. The molecule has 0 radical (unpaired) electrons. The molecular formula is C12H12BrNO3. The lowest BCUT2D eigenvalue weighted by molar-refractivity contribution is 0.260. The SMILES string of the molecule is CCOc1cnc(-c2cc(Br)ccc2OC)o1. The molecule has 0 aliphatic heterocycles. The minimum Gasteiger partial charge on any atom is -0.496 e. The molecule has 0 fully saturated rings. The maximum absolute atomic E-state index is 5.47. The van der Waals surface area contributed by atoms with Crippen LogP contribution < -0.4 is 9.47 Å². The van der Waals surface area contributed by atoms with Gasteiger partial charge in [0.1, 0.15) is 11.9 Å². The van der Waals surface area contributed by atoms with Crippen LogP contribution in [0.5, 0.6) is 11.7 Å². The van der Waals surface area contributed by atoms with E-state index >= 15 is 0 Å². The molecule has 0 saturated heterocycles. The van der Waals surface area contributed by atoms with Gasteiger partial charge in [0.05, 0.1) is 19.3 Å². The Morgan fingerprint density at radius 2 is 2.24 bits per heavy atom. The van der Waals surface area contributed by atoms with Gasteiger partial charge in [0, 0.05) is 4.47 Å². The van der Waals surface area contributed by atoms with Crippen molar-refractivity contribution in [3.05, 3.63) is 28.9 Å². The maximum Gasteiger partial charge on any atom is 0.305 e. The molecule has 0 N–H and O–H groups in total. The summed E-state index contributed by atoms with van der Waals surface area (Å²) in [6.45, 7) is 2.44. The highest BCUT2D eigenvalue weighted by Gasteiger charge is 2.13. The van der Waals surface area contributed by atoms with Gasteiger partial charge in [-0.3, -0.25) is 0 Å². The van der Waals surface area contributed by atoms with E-state index in [1.54, 1.807) is 13.3 Å². The van der Waals surface area contributed by atoms with E-state index in [-0.39, 0.29) is 0 Å². The largest absolute Gasteiger partial charge is 0.496 e. The van der Waals surface area contributed by atoms with Crippen molar-refractivity contribution in [2.24, 2.45) is 0 Å². The fourth-order valence-corrected chi connectivity index (χ4v) is 1.80. The lowest BCUT2D eigenvalue weighted by atomic mass is 10.2. The third-order valence-electron chi connectivity index (χ3n) is 2.16. The van der Waals surface area contributed by atoms with E-state index in [9.17, 15) is 0 Å². The van der Waals surface area contributed by atoms with Gasteiger partial charge in [-0.1, -0.05) is 15.9 Å². The van der Waals surface area contributed by atoms with Crippen LogP contribution in [0.4, 0.5) is 0 Å². The molecule has 2 rings (SSSR count). The van der Waals surface area contributed by atoms with Gasteiger partial charge in [-0.25, -0.2) is 4.98 Å². The summed E-state index contributed by atoms with van der Waals surface area (Å²) in [7, 11) is 1.61. The van der Waals surface area contributed by atoms with Crippen molar-refractivity contribution in [1.82, 2.24) is 4.98 Å². The topological polar surface area (TPSA) is 44.5 Å². The minimum absolute atomic E-state index is 0.407. The Morgan fingerprint density at radius 3 is 2.94 bits per heavy atom. The molecule has 17 heavy (non-hydrogen) atoms. The van der Waals surface area contributed by atoms with Crippen molar-refractivity contribution in [3.63, 3.8) is 0 Å². The summed E-state index contributed by atoms with van der Waals surface area (Å²) in [5.74, 6) is 1.59. The number of aromatic nitrogens is 1. The van der Waals surface area contributed by atoms with E-state index in [0.29, 0.717) is 24.2 Å². The van der Waals surface area contributed by atoms with Crippen LogP contribution >= 0.6 is 15.9 Å². The average molecular weight is 298 g/mol. The van der Waals surface area contributed by atoms with E-state index in [4.69, 9.17) is 13.9 Å². The number of hydrogen-bond acceptors (Lipinski definition) is 4. The number of oxazole rings is 1. The van der Waals surface area contributed by atoms with Crippen molar-refractivity contribution in [3.8, 4) is 23.1 Å². The first-order valence-electron chi connectivity index (χ1n) is 5.17. The average Bonchev–Trinajstić information content (AvgIpc) is 2.78. The van der Waals surface area contributed by atoms with Gasteiger partial charge in [0.15, 0.2) is 0 Å². The van der Waals surface area contributed by atoms with Gasteiger partial charge in [0.25, 0.3) is 0 Å². The Balaban J connectivity index is 2.40. The zero-order valence-electron chi connectivity index (χ0n) is 9.57. The first-order chi connectivity index (χ1) is 8.24. The summed E-state index contributed by atoms with van der Waals surface area (Å²) in [4.78, 5) is 4.16. The van der Waals surface area contributed by atoms with Gasteiger partial charge in [-0.2, -0.15) is 0 Å². The highest BCUT2D eigenvalue weighted by molar-refractivity contribution is 9.10. The zero-order chi connectivity index (χ0) is 12.3. The third-order valence-corrected chi connectivity index (χ3v) is 2.66. The molecule has 90 valence electrons. The van der Waals surface area contributed by atoms with Crippen LogP contribution in [0.1, 0.15) is 6.92 Å². The highest BCUT2D eigenvalue weighted by Crippen LogP contribution is 2.33. The molecule has 0 spiro atoms. The van der Waals surface area contributed by atoms with Crippen molar-refractivity contribution in [1.29, 1.82) is 0 Å². The normalized spacial score (nSPS) is 10.3. The van der Waals surface area contributed by atoms with Gasteiger partial charge < -0.3 is 13.9 Å². The van der Waals surface area contributed by atoms with Crippen LogP contribution in [-0.2, 0) is 0 Å². The van der Waals surface area contributed by atoms with Crippen LogP contribution in [0.25, 0.3) is 11.5 Å². The van der Waals surface area contributed by atoms with Gasteiger partial charge >= 0.3 is 5.95 Å². The summed E-state index contributed by atoms with van der Waals surface area (Å²) in [5, 5.41) is 0. The van der Waals surface area contributed by atoms with Crippen LogP contribution in [0.3, 0.4) is 0 Å². The summed E-state index contributed by atoms with van der Waals surface area (Å²) in [6, 6.07) is 5.64. The predicted molar refractivity (Wildman–Crippen MR) is 67.4 cm³/mol. The molecule has 4 nitrogen and oxygen atoms in total. The fourth-order valence-electron chi connectivity index (χ4n) is 1.44. The maximum atomic E-state index is 5.47. The second-order valence-corrected chi connectivity index (χ2v) is 4.18. The molecule has 0 unspecified atom stereocenters. The summed E-state index contributed by atoms with van der Waals surface area (Å²) >= 11 is 3.40. The summed E-state index contributed by atoms with van der Waals surface area (Å²) in [6.07, 6.45) is 1.55. The number of nitrogens with zero attached hydrogens (tertiary/aromatic N) is 1. The molecule has 1 heterocycles. The van der Waals surface area contributed by atoms with Gasteiger partial charge in [-0.05, 0) is 25.1 Å². The highest BCUT2D eigenvalue weighted by atomic mass is 79.9. The lowest BCUT2D eigenvalue weighted by Gasteiger charge is -2.05. The second kappa shape index (κ2) is 5.23. The Hall–Kier alpha value is -1.49. The van der Waals surface area contributed by atoms with Crippen LogP contribution in [0, 0.1) is 0 Å². The van der Waals surface area contributed by atoms with Crippen molar-refractivity contribution >= 4 is 15.9 Å². The van der Waals surface area contributed by atoms with E-state index in [1.807, 2.05) is 25.1 Å². The van der Waals surface area contributed by atoms with E-state index in [1.165, 1.54) is 0 Å². The van der Waals surface area contributed by atoms with Crippen molar-refractivity contribution in [2.75, 3.05) is 13.7 Å². The number of benzene rings is 1. The molecule has 0 saturated carbocycles. The molecule has 5 heteroatoms. The number of hydrogen-bond donors (Lipinski definition) is 0. The second-order valence-electron chi connectivity index (χ2n) is 3.26. The molecule has 1 aromatic carbocycles. The number of halogens is 1. The standard InChI is InChI=1S/C12H12BrNO3/c1-3-16-11-7-14-12(17-11)9-6-8(13)4-5-10(9)15-2/h4-7H,3H2,1-2H3. The zero-order valence-corrected chi connectivity index (χ0v) is 11.2. The number of ether oxygens (including phenoxy) is 2. The molecule has 0 atom stereocenters. The molecule has 2 aromatic rings. The minimum atomic E-state index is 0.407. The van der Waals surface area contributed by atoms with E-state index < -0.39 is 0 Å². The molecule has 1 aromatic heterocycles. The molecule has 0 aliphatic carbocycles. The first-order valence-corrected chi connectivity index (χ1v) is 5.96. The monoisotopic (exact) mass is 297 g/mol. The number of methoxy groups -OCH3 is 1. The molecular weight excluding hydrogens is 286 g/mol. The van der Waals surface area contributed by atoms with Crippen LogP contribution in [0.2, 0.25) is 0 Å². The van der Waals surface area contributed by atoms with Crippen LogP contribution in [0.15, 0.2) is 33.3 Å². The van der Waals surface area contributed by atoms with Gasteiger partial charge in [-0.15, -0.1) is 0 Å². The Labute approximate surface area is 108 Å². The predicted octanol–water partition coefficient (Wildman–Crippen LogP) is 3.51. The Kier molecular flexibility index (Phi) is 3.68. The Bertz CT molecular complexity index is 510. The quantitative estimate of drug-likeness (QED) is 0.866. The summed E-state index contributed by atoms with van der Waals surface area (Å²) in [5.41, 5.74) is 0.785. The third kappa shape index (κ3) is 2.61. The molecule has 0 amide bonds. The molecule has 0 aliphatic rings. The van der Waals surface area contributed by atoms with Gasteiger partial charge in [0.2, 0.25) is 5.89 Å². The number of rotatable bonds is 4. The lowest BCUT2D eigenvalue weighted by Crippen LogP contribution is -1.88. The van der Waals surface area contributed by atoms with E-state index in [2.05, 4.69) is 20.9 Å².